The maximum Gasteiger partial charge on any atom is 0.422 e. The average Bonchev–Trinajstić information content (AvgIpc) is 2.52. The molecule has 1 aromatic heterocycles. The van der Waals surface area contributed by atoms with E-state index in [1.165, 1.54) is 18.2 Å². The molecule has 0 aliphatic rings. The van der Waals surface area contributed by atoms with Gasteiger partial charge in [0.05, 0.1) is 0 Å². The van der Waals surface area contributed by atoms with Gasteiger partial charge in [-0.3, -0.25) is 0 Å². The van der Waals surface area contributed by atoms with Crippen LogP contribution in [0.2, 0.25) is 5.28 Å². The van der Waals surface area contributed by atoms with E-state index < -0.39 is 18.8 Å². The Kier molecular flexibility index (Phi) is 13.7. The van der Waals surface area contributed by atoms with E-state index in [-0.39, 0.29) is 11.2 Å². The van der Waals surface area contributed by atoms with Crippen LogP contribution in [0.1, 0.15) is 41.5 Å². The van der Waals surface area contributed by atoms with Gasteiger partial charge in [0.25, 0.3) is 0 Å². The molecule has 0 aromatic carbocycles. The van der Waals surface area contributed by atoms with Gasteiger partial charge in [0.1, 0.15) is 0 Å². The number of alkyl halides is 3. The summed E-state index contributed by atoms with van der Waals surface area (Å²) in [7, 11) is 1.49. The summed E-state index contributed by atoms with van der Waals surface area (Å²) < 4.78 is 39.6. The molecule has 0 aliphatic heterocycles. The Morgan fingerprint density at radius 3 is 1.88 bits per heavy atom. The summed E-state index contributed by atoms with van der Waals surface area (Å²) in [6.45, 7) is 10.9. The molecule has 0 unspecified atom stereocenters. The highest BCUT2D eigenvalue weighted by atomic mass is 35.5. The fourth-order valence-electron chi connectivity index (χ4n) is 0.988. The first-order valence-corrected chi connectivity index (χ1v) is 7.98. The zero-order valence-corrected chi connectivity index (χ0v) is 16.4. The van der Waals surface area contributed by atoms with Gasteiger partial charge in [0.2, 0.25) is 11.2 Å². The number of anilines is 1. The van der Waals surface area contributed by atoms with Crippen molar-refractivity contribution in [3.63, 3.8) is 0 Å². The monoisotopic (exact) mass is 382 g/mol. The lowest BCUT2D eigenvalue weighted by Gasteiger charge is -2.07. The summed E-state index contributed by atoms with van der Waals surface area (Å²) in [6, 6.07) is -0.475. The summed E-state index contributed by atoms with van der Waals surface area (Å²) in [5.41, 5.74) is 2.71. The van der Waals surface area contributed by atoms with Crippen molar-refractivity contribution in [2.45, 2.75) is 47.7 Å². The zero-order valence-electron chi connectivity index (χ0n) is 15.6. The lowest BCUT2D eigenvalue weighted by Crippen LogP contribution is -2.20. The number of hydrogen-bond acceptors (Lipinski definition) is 5. The van der Waals surface area contributed by atoms with Crippen LogP contribution in [0.25, 0.3) is 0 Å². The molecule has 1 heterocycles. The van der Waals surface area contributed by atoms with Gasteiger partial charge < -0.3 is 10.1 Å². The molecule has 0 saturated heterocycles. The molecule has 0 spiro atoms. The highest BCUT2D eigenvalue weighted by Crippen LogP contribution is 2.17. The molecule has 0 bridgehead atoms. The van der Waals surface area contributed by atoms with Crippen LogP contribution in [0.3, 0.4) is 0 Å². The molecular weight excluding hydrogens is 357 g/mol. The van der Waals surface area contributed by atoms with Crippen molar-refractivity contribution in [1.82, 2.24) is 15.0 Å². The molecule has 1 N–H and O–H groups in total. The standard InChI is InChI=1S/C8H14.C6H6ClF3N4O.C2H6/c1-7(2)5-6-8(3)4;1-11-4-12-3(7)13-5(14-4)15-2-6(8,9)10;1-2/h5-6H,1-4H3;2H2,1H3,(H,11,12,13,14);1-2H3. The molecule has 5 nitrogen and oxygen atoms in total. The Balaban J connectivity index is 0. The van der Waals surface area contributed by atoms with E-state index in [9.17, 15) is 13.2 Å². The SMILES string of the molecule is CC.CC(C)=CC=C(C)C.CNc1nc(Cl)nc(OCC(F)(F)F)n1. The molecule has 1 aromatic rings. The third-order valence-electron chi connectivity index (χ3n) is 1.93. The van der Waals surface area contributed by atoms with Crippen LogP contribution in [-0.4, -0.2) is 34.8 Å². The molecule has 144 valence electrons. The Bertz CT molecular complexity index is 537. The fourth-order valence-corrected chi connectivity index (χ4v) is 1.14. The van der Waals surface area contributed by atoms with Crippen molar-refractivity contribution in [2.75, 3.05) is 19.0 Å². The number of hydrogen-bond donors (Lipinski definition) is 1. The van der Waals surface area contributed by atoms with Crippen LogP contribution in [0, 0.1) is 0 Å². The molecule has 9 heteroatoms. The van der Waals surface area contributed by atoms with Gasteiger partial charge in [-0.25, -0.2) is 0 Å². The predicted molar refractivity (Wildman–Crippen MR) is 96.1 cm³/mol. The average molecular weight is 383 g/mol. The second kappa shape index (κ2) is 13.5. The van der Waals surface area contributed by atoms with E-state index in [0.29, 0.717) is 0 Å². The van der Waals surface area contributed by atoms with Gasteiger partial charge in [-0.1, -0.05) is 37.1 Å². The zero-order chi connectivity index (χ0) is 20.0. The Hall–Kier alpha value is -1.83. The maximum atomic E-state index is 11.8. The lowest BCUT2D eigenvalue weighted by atomic mass is 10.2. The Labute approximate surface area is 152 Å². The summed E-state index contributed by atoms with van der Waals surface area (Å²) in [6.07, 6.45) is -0.205. The van der Waals surface area contributed by atoms with Crippen LogP contribution in [0.4, 0.5) is 19.1 Å². The van der Waals surface area contributed by atoms with Gasteiger partial charge >= 0.3 is 12.2 Å². The Morgan fingerprint density at radius 1 is 1.04 bits per heavy atom. The number of allylic oxidation sites excluding steroid dienone is 4. The summed E-state index contributed by atoms with van der Waals surface area (Å²) in [5.74, 6) is 0.0344. The normalized spacial score (nSPS) is 9.56. The smallest absolute Gasteiger partial charge is 0.422 e. The van der Waals surface area contributed by atoms with Gasteiger partial charge in [0.15, 0.2) is 6.61 Å². The largest absolute Gasteiger partial charge is 0.454 e. The molecule has 0 aliphatic carbocycles. The third-order valence-corrected chi connectivity index (χ3v) is 2.10. The van der Waals surface area contributed by atoms with Crippen molar-refractivity contribution < 1.29 is 17.9 Å². The van der Waals surface area contributed by atoms with Gasteiger partial charge in [-0.05, 0) is 39.3 Å². The van der Waals surface area contributed by atoms with Gasteiger partial charge in [0, 0.05) is 7.05 Å². The van der Waals surface area contributed by atoms with Crippen molar-refractivity contribution in [3.8, 4) is 6.01 Å². The van der Waals surface area contributed by atoms with E-state index in [1.54, 1.807) is 0 Å². The van der Waals surface area contributed by atoms with E-state index in [4.69, 9.17) is 11.6 Å². The summed E-state index contributed by atoms with van der Waals surface area (Å²) in [4.78, 5) is 10.4. The van der Waals surface area contributed by atoms with Crippen molar-refractivity contribution in [1.29, 1.82) is 0 Å². The first-order chi connectivity index (χ1) is 11.5. The minimum absolute atomic E-state index is 0.0344. The molecule has 0 radical (unpaired) electrons. The van der Waals surface area contributed by atoms with Gasteiger partial charge in [-0.15, -0.1) is 0 Å². The highest BCUT2D eigenvalue weighted by Gasteiger charge is 2.29. The highest BCUT2D eigenvalue weighted by molar-refractivity contribution is 6.28. The molecule has 0 fully saturated rings. The van der Waals surface area contributed by atoms with Crippen LogP contribution >= 0.6 is 11.6 Å². The minimum Gasteiger partial charge on any atom is -0.454 e. The quantitative estimate of drug-likeness (QED) is 0.701. The van der Waals surface area contributed by atoms with Crippen molar-refractivity contribution in [3.05, 3.63) is 28.6 Å². The predicted octanol–water partition coefficient (Wildman–Crippen LogP) is 5.45. The second-order valence-electron chi connectivity index (χ2n) is 4.85. The van der Waals surface area contributed by atoms with E-state index in [1.807, 2.05) is 13.8 Å². The molecule has 0 atom stereocenters. The first kappa shape index (κ1) is 25.4. The van der Waals surface area contributed by atoms with Crippen molar-refractivity contribution >= 4 is 17.5 Å². The molecule has 1 rings (SSSR count). The number of rotatable bonds is 4. The minimum atomic E-state index is -4.45. The third kappa shape index (κ3) is 16.8. The molecule has 0 saturated carbocycles. The van der Waals surface area contributed by atoms with Crippen molar-refractivity contribution in [2.24, 2.45) is 0 Å². The summed E-state index contributed by atoms with van der Waals surface area (Å²) >= 11 is 5.42. The summed E-state index contributed by atoms with van der Waals surface area (Å²) in [5, 5.41) is 2.25. The van der Waals surface area contributed by atoms with E-state index in [2.05, 4.69) is 64.9 Å². The molecule has 0 amide bonds. The molecular formula is C16H26ClF3N4O. The van der Waals surface area contributed by atoms with Crippen LogP contribution < -0.4 is 10.1 Å². The number of nitrogens with zero attached hydrogens (tertiary/aromatic N) is 3. The number of halogens is 4. The second-order valence-corrected chi connectivity index (χ2v) is 5.19. The van der Waals surface area contributed by atoms with Crippen LogP contribution in [0.5, 0.6) is 6.01 Å². The van der Waals surface area contributed by atoms with E-state index in [0.717, 1.165) is 0 Å². The molecule has 25 heavy (non-hydrogen) atoms. The number of nitrogens with one attached hydrogen (secondary N) is 1. The first-order valence-electron chi connectivity index (χ1n) is 7.60. The Morgan fingerprint density at radius 2 is 1.52 bits per heavy atom. The fraction of sp³-hybridized carbons (Fsp3) is 0.562. The number of aromatic nitrogens is 3. The number of ether oxygens (including phenoxy) is 1. The maximum absolute atomic E-state index is 11.8. The van der Waals surface area contributed by atoms with Gasteiger partial charge in [-0.2, -0.15) is 28.1 Å². The van der Waals surface area contributed by atoms with Crippen LogP contribution in [0.15, 0.2) is 23.3 Å². The van der Waals surface area contributed by atoms with E-state index >= 15 is 0 Å². The van der Waals surface area contributed by atoms with Crippen LogP contribution in [-0.2, 0) is 0 Å². The lowest BCUT2D eigenvalue weighted by molar-refractivity contribution is -0.154. The topological polar surface area (TPSA) is 59.9 Å².